The highest BCUT2D eigenvalue weighted by molar-refractivity contribution is 6.00. The summed E-state index contributed by atoms with van der Waals surface area (Å²) in [6.45, 7) is 0. The molecular weight excluding hydrogens is 500 g/mol. The molecule has 6 heterocycles. The minimum atomic E-state index is 0.0471. The largest absolute Gasteiger partial charge is 0.353 e. The smallest absolute Gasteiger partial charge is 0.224 e. The second-order valence-electron chi connectivity index (χ2n) is 10.4. The normalized spacial score (nSPS) is 14.1. The Morgan fingerprint density at radius 1 is 0.825 bits per heavy atom. The molecule has 6 aromatic rings. The van der Waals surface area contributed by atoms with Crippen LogP contribution in [0.2, 0.25) is 0 Å². The Bertz CT molecular complexity index is 1820. The number of nitrogens with zero attached hydrogens (tertiary/aromatic N) is 5. The van der Waals surface area contributed by atoms with Gasteiger partial charge in [0.2, 0.25) is 5.91 Å². The van der Waals surface area contributed by atoms with Crippen LogP contribution in [-0.4, -0.2) is 41.0 Å². The molecule has 0 aliphatic heterocycles. The molecule has 0 unspecified atom stereocenters. The number of rotatable bonds is 6. The molecule has 0 atom stereocenters. The first-order valence-corrected chi connectivity index (χ1v) is 13.7. The van der Waals surface area contributed by atoms with Gasteiger partial charge in [0.1, 0.15) is 5.69 Å². The van der Waals surface area contributed by atoms with Crippen molar-refractivity contribution in [2.75, 3.05) is 5.32 Å². The zero-order valence-electron chi connectivity index (χ0n) is 21.9. The summed E-state index contributed by atoms with van der Waals surface area (Å²) in [6.07, 6.45) is 17.1. The van der Waals surface area contributed by atoms with Crippen molar-refractivity contribution < 1.29 is 4.79 Å². The van der Waals surface area contributed by atoms with Gasteiger partial charge in [0.05, 0.1) is 40.7 Å². The number of nitrogens with one attached hydrogen (secondary N) is 3. The highest BCUT2D eigenvalue weighted by Gasteiger charge is 2.18. The number of fused-ring (bicyclic) bond motifs is 2. The number of anilines is 1. The number of aromatic nitrogens is 7. The summed E-state index contributed by atoms with van der Waals surface area (Å²) in [5, 5.41) is 12.7. The van der Waals surface area contributed by atoms with Gasteiger partial charge in [-0.25, -0.2) is 0 Å². The van der Waals surface area contributed by atoms with Gasteiger partial charge in [-0.1, -0.05) is 19.3 Å². The molecule has 0 bridgehead atoms. The molecular formula is C31H28N8O. The van der Waals surface area contributed by atoms with Crippen LogP contribution in [0.3, 0.4) is 0 Å². The van der Waals surface area contributed by atoms with Gasteiger partial charge < -0.3 is 10.3 Å². The summed E-state index contributed by atoms with van der Waals surface area (Å²) in [5.74, 6) is 0.528. The second-order valence-corrected chi connectivity index (χ2v) is 10.4. The number of H-pyrrole nitrogens is 2. The first-order chi connectivity index (χ1) is 19.7. The van der Waals surface area contributed by atoms with Gasteiger partial charge >= 0.3 is 0 Å². The van der Waals surface area contributed by atoms with Crippen LogP contribution >= 0.6 is 0 Å². The molecule has 1 aliphatic carbocycles. The molecule has 1 saturated carbocycles. The lowest BCUT2D eigenvalue weighted by atomic mass is 9.87. The van der Waals surface area contributed by atoms with Crippen LogP contribution in [0.15, 0.2) is 73.6 Å². The fourth-order valence-electron chi connectivity index (χ4n) is 5.71. The van der Waals surface area contributed by atoms with Gasteiger partial charge in [-0.3, -0.25) is 29.8 Å². The minimum Gasteiger partial charge on any atom is -0.353 e. The Morgan fingerprint density at radius 2 is 1.68 bits per heavy atom. The maximum atomic E-state index is 12.7. The fourth-order valence-corrected chi connectivity index (χ4v) is 5.71. The van der Waals surface area contributed by atoms with Crippen LogP contribution in [0.4, 0.5) is 5.69 Å². The third-order valence-electron chi connectivity index (χ3n) is 7.72. The zero-order chi connectivity index (χ0) is 26.9. The van der Waals surface area contributed by atoms with E-state index in [9.17, 15) is 4.79 Å². The lowest BCUT2D eigenvalue weighted by Crippen LogP contribution is -2.18. The van der Waals surface area contributed by atoms with Crippen molar-refractivity contribution in [3.63, 3.8) is 0 Å². The average molecular weight is 529 g/mol. The summed E-state index contributed by atoms with van der Waals surface area (Å²) in [5.41, 5.74) is 7.62. The molecule has 3 N–H and O–H groups in total. The highest BCUT2D eigenvalue weighted by atomic mass is 16.1. The van der Waals surface area contributed by atoms with Crippen LogP contribution in [0, 0.1) is 5.92 Å². The van der Waals surface area contributed by atoms with E-state index in [-0.39, 0.29) is 5.91 Å². The number of carbonyl (C=O) groups excluding carboxylic acids is 1. The summed E-state index contributed by atoms with van der Waals surface area (Å²) in [7, 11) is 0. The molecule has 9 heteroatoms. The van der Waals surface area contributed by atoms with Gasteiger partial charge in [0.25, 0.3) is 0 Å². The molecule has 9 nitrogen and oxygen atoms in total. The van der Waals surface area contributed by atoms with E-state index in [1.165, 1.54) is 19.3 Å². The molecule has 1 aliphatic rings. The molecule has 198 valence electrons. The topological polar surface area (TPSA) is 125 Å². The van der Waals surface area contributed by atoms with Crippen LogP contribution in [0.5, 0.6) is 0 Å². The van der Waals surface area contributed by atoms with E-state index < -0.39 is 0 Å². The van der Waals surface area contributed by atoms with Crippen LogP contribution in [0.1, 0.15) is 38.5 Å². The molecule has 0 saturated heterocycles. The van der Waals surface area contributed by atoms with Crippen LogP contribution < -0.4 is 5.32 Å². The zero-order valence-corrected chi connectivity index (χ0v) is 21.9. The summed E-state index contributed by atoms with van der Waals surface area (Å²) < 4.78 is 0. The Labute approximate surface area is 230 Å². The SMILES string of the molecule is O=C(CC1CCCCC1)Nc1cncc(-c2cc3c(-c4cc5c(-c6ccncc6)nccc5[nH]4)n[nH]c3cn2)c1. The number of hydrogen-bond acceptors (Lipinski definition) is 6. The minimum absolute atomic E-state index is 0.0471. The second kappa shape index (κ2) is 10.3. The van der Waals surface area contributed by atoms with Gasteiger partial charge in [0.15, 0.2) is 0 Å². The monoisotopic (exact) mass is 528 g/mol. The molecule has 0 aromatic carbocycles. The Kier molecular flexibility index (Phi) is 6.24. The number of aromatic amines is 2. The lowest BCUT2D eigenvalue weighted by Gasteiger charge is -2.20. The van der Waals surface area contributed by atoms with E-state index in [4.69, 9.17) is 0 Å². The standard InChI is InChI=1S/C31H28N8O/c40-29(12-19-4-2-1-3-5-19)36-22-13-21(16-33-17-22)26-14-24-28(18-35-26)38-39-31(24)27-15-23-25(37-27)8-11-34-30(23)20-6-9-32-10-7-20/h6-11,13-19,37H,1-5,12H2,(H,36,40)(H,38,39). The highest BCUT2D eigenvalue weighted by Crippen LogP contribution is 2.34. The van der Waals surface area contributed by atoms with Crippen molar-refractivity contribution in [1.29, 1.82) is 0 Å². The van der Waals surface area contributed by atoms with Crippen LogP contribution in [-0.2, 0) is 4.79 Å². The quantitative estimate of drug-likeness (QED) is 0.226. The first kappa shape index (κ1) is 24.1. The number of carbonyl (C=O) groups is 1. The van der Waals surface area contributed by atoms with Gasteiger partial charge in [-0.15, -0.1) is 0 Å². The number of hydrogen-bond donors (Lipinski definition) is 3. The molecule has 7 rings (SSSR count). The Hall–Kier alpha value is -4.92. The van der Waals surface area contributed by atoms with Crippen molar-refractivity contribution >= 4 is 33.4 Å². The predicted octanol–water partition coefficient (Wildman–Crippen LogP) is 6.53. The number of amides is 1. The average Bonchev–Trinajstić information content (AvgIpc) is 3.62. The number of pyridine rings is 4. The van der Waals surface area contributed by atoms with Crippen molar-refractivity contribution in [3.8, 4) is 33.9 Å². The van der Waals surface area contributed by atoms with Crippen LogP contribution in [0.25, 0.3) is 55.7 Å². The maximum Gasteiger partial charge on any atom is 0.224 e. The molecule has 1 fully saturated rings. The van der Waals surface area contributed by atoms with Gasteiger partial charge in [-0.05, 0) is 55.2 Å². The summed E-state index contributed by atoms with van der Waals surface area (Å²) >= 11 is 0. The third-order valence-corrected chi connectivity index (χ3v) is 7.72. The molecule has 1 amide bonds. The van der Waals surface area contributed by atoms with Crippen molar-refractivity contribution in [3.05, 3.63) is 73.6 Å². The van der Waals surface area contributed by atoms with Crippen molar-refractivity contribution in [2.24, 2.45) is 5.92 Å². The van der Waals surface area contributed by atoms with Gasteiger partial charge in [0, 0.05) is 58.6 Å². The Balaban J connectivity index is 1.19. The van der Waals surface area contributed by atoms with E-state index >= 15 is 0 Å². The van der Waals surface area contributed by atoms with E-state index in [1.807, 2.05) is 30.3 Å². The van der Waals surface area contributed by atoms with Crippen molar-refractivity contribution in [1.82, 2.24) is 35.1 Å². The van der Waals surface area contributed by atoms with E-state index in [1.54, 1.807) is 37.2 Å². The molecule has 40 heavy (non-hydrogen) atoms. The summed E-state index contributed by atoms with van der Waals surface area (Å²) in [6, 6.07) is 11.9. The first-order valence-electron chi connectivity index (χ1n) is 13.7. The Morgan fingerprint density at radius 3 is 2.55 bits per heavy atom. The predicted molar refractivity (Wildman–Crippen MR) is 155 cm³/mol. The fraction of sp³-hybridized carbons (Fsp3) is 0.226. The van der Waals surface area contributed by atoms with E-state index in [0.29, 0.717) is 18.0 Å². The van der Waals surface area contributed by atoms with E-state index in [2.05, 4.69) is 46.5 Å². The molecule has 0 radical (unpaired) electrons. The molecule has 6 aromatic heterocycles. The molecule has 0 spiro atoms. The van der Waals surface area contributed by atoms with Crippen molar-refractivity contribution in [2.45, 2.75) is 38.5 Å². The third kappa shape index (κ3) is 4.70. The lowest BCUT2D eigenvalue weighted by molar-refractivity contribution is -0.117. The summed E-state index contributed by atoms with van der Waals surface area (Å²) in [4.78, 5) is 34.0. The maximum absolute atomic E-state index is 12.7. The van der Waals surface area contributed by atoms with E-state index in [0.717, 1.165) is 68.6 Å². The van der Waals surface area contributed by atoms with Gasteiger partial charge in [-0.2, -0.15) is 5.10 Å².